The van der Waals surface area contributed by atoms with Crippen LogP contribution in [0.1, 0.15) is 44.9 Å². The largest absolute Gasteiger partial charge is 0.393 e. The molecule has 3 atom stereocenters. The van der Waals surface area contributed by atoms with Crippen LogP contribution < -0.4 is 5.32 Å². The zero-order chi connectivity index (χ0) is 11.8. The number of carbonyl (C=O) groups excluding carboxylic acids is 1. The molecule has 0 saturated carbocycles. The van der Waals surface area contributed by atoms with Crippen molar-refractivity contribution in [3.05, 3.63) is 0 Å². The Labute approximate surface area is 102 Å². The molecular weight excluding hydrogens is 216 g/mol. The van der Waals surface area contributed by atoms with Gasteiger partial charge in [0.15, 0.2) is 0 Å². The van der Waals surface area contributed by atoms with E-state index >= 15 is 0 Å². The van der Waals surface area contributed by atoms with E-state index < -0.39 is 0 Å². The molecular formula is C13H22N2O2. The molecule has 0 aromatic heterocycles. The second kappa shape index (κ2) is 4.58. The number of piperidine rings is 2. The van der Waals surface area contributed by atoms with Gasteiger partial charge in [-0.1, -0.05) is 6.42 Å². The van der Waals surface area contributed by atoms with Crippen LogP contribution in [-0.4, -0.2) is 46.7 Å². The molecule has 2 N–H and O–H groups in total. The number of amides is 1. The number of fused-ring (bicyclic) bond motifs is 2. The molecule has 0 spiro atoms. The summed E-state index contributed by atoms with van der Waals surface area (Å²) in [6.07, 6.45) is 6.89. The van der Waals surface area contributed by atoms with E-state index in [1.807, 2.05) is 0 Å². The molecule has 4 nitrogen and oxygen atoms in total. The lowest BCUT2D eigenvalue weighted by molar-refractivity contribution is -0.140. The predicted molar refractivity (Wildman–Crippen MR) is 64.5 cm³/mol. The number of hydrogen-bond acceptors (Lipinski definition) is 3. The molecule has 3 aliphatic heterocycles. The Morgan fingerprint density at radius 1 is 1.12 bits per heavy atom. The molecule has 2 bridgehead atoms. The number of rotatable bonds is 1. The van der Waals surface area contributed by atoms with Crippen molar-refractivity contribution in [2.75, 3.05) is 6.54 Å². The number of nitrogens with zero attached hydrogens (tertiary/aromatic N) is 1. The SMILES string of the molecule is O=C([C@H]1CCCCN1)N1C2CCC1CC(O)C2. The highest BCUT2D eigenvalue weighted by Crippen LogP contribution is 2.36. The van der Waals surface area contributed by atoms with Gasteiger partial charge in [0, 0.05) is 12.1 Å². The minimum atomic E-state index is -0.184. The van der Waals surface area contributed by atoms with E-state index in [9.17, 15) is 9.90 Å². The smallest absolute Gasteiger partial charge is 0.240 e. The number of aliphatic hydroxyl groups is 1. The summed E-state index contributed by atoms with van der Waals surface area (Å²) < 4.78 is 0. The molecule has 96 valence electrons. The zero-order valence-electron chi connectivity index (χ0n) is 10.3. The molecule has 3 rings (SSSR count). The molecule has 3 saturated heterocycles. The molecule has 3 aliphatic rings. The highest BCUT2D eigenvalue weighted by atomic mass is 16.3. The fourth-order valence-corrected chi connectivity index (χ4v) is 3.75. The third-order valence-corrected chi connectivity index (χ3v) is 4.57. The van der Waals surface area contributed by atoms with Crippen LogP contribution in [0.15, 0.2) is 0 Å². The van der Waals surface area contributed by atoms with E-state index in [1.54, 1.807) is 0 Å². The van der Waals surface area contributed by atoms with Crippen LogP contribution in [0.4, 0.5) is 0 Å². The highest BCUT2D eigenvalue weighted by molar-refractivity contribution is 5.83. The molecule has 0 aliphatic carbocycles. The van der Waals surface area contributed by atoms with E-state index in [1.165, 1.54) is 6.42 Å². The summed E-state index contributed by atoms with van der Waals surface area (Å²) in [5.74, 6) is 0.295. The summed E-state index contributed by atoms with van der Waals surface area (Å²) in [5.41, 5.74) is 0. The van der Waals surface area contributed by atoms with Gasteiger partial charge in [0.1, 0.15) is 0 Å². The van der Waals surface area contributed by atoms with Gasteiger partial charge in [-0.2, -0.15) is 0 Å². The summed E-state index contributed by atoms with van der Waals surface area (Å²) in [5, 5.41) is 13.1. The lowest BCUT2D eigenvalue weighted by Gasteiger charge is -2.40. The van der Waals surface area contributed by atoms with Crippen molar-refractivity contribution in [3.63, 3.8) is 0 Å². The van der Waals surface area contributed by atoms with Crippen molar-refractivity contribution >= 4 is 5.91 Å². The van der Waals surface area contributed by atoms with Crippen molar-refractivity contribution in [1.82, 2.24) is 10.2 Å². The zero-order valence-corrected chi connectivity index (χ0v) is 10.3. The first-order valence-electron chi connectivity index (χ1n) is 6.99. The van der Waals surface area contributed by atoms with Crippen molar-refractivity contribution in [1.29, 1.82) is 0 Å². The Morgan fingerprint density at radius 2 is 1.82 bits per heavy atom. The summed E-state index contributed by atoms with van der Waals surface area (Å²) in [6, 6.07) is 0.655. The van der Waals surface area contributed by atoms with Crippen molar-refractivity contribution in [2.45, 2.75) is 69.2 Å². The van der Waals surface area contributed by atoms with Gasteiger partial charge in [0.2, 0.25) is 5.91 Å². The molecule has 0 aromatic carbocycles. The lowest BCUT2D eigenvalue weighted by Crippen LogP contribution is -2.55. The third kappa shape index (κ3) is 2.08. The molecule has 3 fully saturated rings. The summed E-state index contributed by atoms with van der Waals surface area (Å²) in [7, 11) is 0. The third-order valence-electron chi connectivity index (χ3n) is 4.57. The Hall–Kier alpha value is -0.610. The molecule has 4 heteroatoms. The first kappa shape index (κ1) is 11.5. The van der Waals surface area contributed by atoms with Crippen LogP contribution in [0, 0.1) is 0 Å². The molecule has 0 aromatic rings. The van der Waals surface area contributed by atoms with Gasteiger partial charge >= 0.3 is 0 Å². The normalized spacial score (nSPS) is 41.6. The quantitative estimate of drug-likeness (QED) is 0.705. The van der Waals surface area contributed by atoms with Crippen LogP contribution in [0.2, 0.25) is 0 Å². The number of hydrogen-bond donors (Lipinski definition) is 2. The Bertz CT molecular complexity index is 288. The second-order valence-electron chi connectivity index (χ2n) is 5.76. The molecule has 1 amide bonds. The van der Waals surface area contributed by atoms with E-state index in [2.05, 4.69) is 10.2 Å². The Kier molecular flexibility index (Phi) is 3.09. The molecule has 17 heavy (non-hydrogen) atoms. The van der Waals surface area contributed by atoms with E-state index in [0.717, 1.165) is 45.1 Å². The first-order valence-corrected chi connectivity index (χ1v) is 6.99. The van der Waals surface area contributed by atoms with Crippen molar-refractivity contribution in [2.24, 2.45) is 0 Å². The van der Waals surface area contributed by atoms with Crippen LogP contribution in [0.3, 0.4) is 0 Å². The standard InChI is InChI=1S/C13H22N2O2/c16-11-7-9-4-5-10(8-11)15(9)13(17)12-3-1-2-6-14-12/h9-12,14,16H,1-8H2/t9?,10?,11?,12-/m1/s1. The van der Waals surface area contributed by atoms with E-state index in [4.69, 9.17) is 0 Å². The highest BCUT2D eigenvalue weighted by Gasteiger charge is 2.44. The maximum absolute atomic E-state index is 12.5. The lowest BCUT2D eigenvalue weighted by atomic mass is 9.97. The van der Waals surface area contributed by atoms with Gasteiger partial charge < -0.3 is 15.3 Å². The minimum absolute atomic E-state index is 0.0436. The van der Waals surface area contributed by atoms with Gasteiger partial charge in [-0.25, -0.2) is 0 Å². The second-order valence-corrected chi connectivity index (χ2v) is 5.76. The Morgan fingerprint density at radius 3 is 2.41 bits per heavy atom. The average molecular weight is 238 g/mol. The topological polar surface area (TPSA) is 52.6 Å². The minimum Gasteiger partial charge on any atom is -0.393 e. The fraction of sp³-hybridized carbons (Fsp3) is 0.923. The number of carbonyl (C=O) groups is 1. The first-order chi connectivity index (χ1) is 8.25. The monoisotopic (exact) mass is 238 g/mol. The number of aliphatic hydroxyl groups excluding tert-OH is 1. The van der Waals surface area contributed by atoms with Crippen LogP contribution >= 0.6 is 0 Å². The summed E-state index contributed by atoms with van der Waals surface area (Å²) in [4.78, 5) is 14.6. The maximum atomic E-state index is 12.5. The molecule has 2 unspecified atom stereocenters. The molecule has 3 heterocycles. The fourth-order valence-electron chi connectivity index (χ4n) is 3.75. The Balaban J connectivity index is 1.69. The number of nitrogens with one attached hydrogen (secondary N) is 1. The maximum Gasteiger partial charge on any atom is 0.240 e. The molecule has 0 radical (unpaired) electrons. The van der Waals surface area contributed by atoms with Gasteiger partial charge in [0.25, 0.3) is 0 Å². The predicted octanol–water partition coefficient (Wildman–Crippen LogP) is 0.643. The van der Waals surface area contributed by atoms with Crippen LogP contribution in [-0.2, 0) is 4.79 Å². The van der Waals surface area contributed by atoms with Crippen LogP contribution in [0.25, 0.3) is 0 Å². The van der Waals surface area contributed by atoms with Crippen LogP contribution in [0.5, 0.6) is 0 Å². The summed E-state index contributed by atoms with van der Waals surface area (Å²) in [6.45, 7) is 0.974. The van der Waals surface area contributed by atoms with Gasteiger partial charge in [-0.05, 0) is 45.1 Å². The van der Waals surface area contributed by atoms with Gasteiger partial charge in [-0.3, -0.25) is 4.79 Å². The van der Waals surface area contributed by atoms with Crippen molar-refractivity contribution in [3.8, 4) is 0 Å². The van der Waals surface area contributed by atoms with E-state index in [-0.39, 0.29) is 12.1 Å². The van der Waals surface area contributed by atoms with E-state index in [0.29, 0.717) is 18.0 Å². The average Bonchev–Trinajstić information content (AvgIpc) is 2.62. The summed E-state index contributed by atoms with van der Waals surface area (Å²) >= 11 is 0. The van der Waals surface area contributed by atoms with Crippen molar-refractivity contribution < 1.29 is 9.90 Å². The van der Waals surface area contributed by atoms with Gasteiger partial charge in [-0.15, -0.1) is 0 Å². The van der Waals surface area contributed by atoms with Gasteiger partial charge in [0.05, 0.1) is 12.1 Å².